The molecule has 0 N–H and O–H groups in total. The number of carbonyl (C=O) groups excluding carboxylic acids is 2. The predicted molar refractivity (Wildman–Crippen MR) is 85.9 cm³/mol. The molecule has 0 radical (unpaired) electrons. The Balaban J connectivity index is 1.91. The maximum atomic E-state index is 12.4. The molecule has 1 saturated heterocycles. The van der Waals surface area contributed by atoms with E-state index in [1.165, 1.54) is 0 Å². The van der Waals surface area contributed by atoms with Crippen molar-refractivity contribution in [2.45, 2.75) is 26.2 Å². The van der Waals surface area contributed by atoms with Crippen molar-refractivity contribution in [3.05, 3.63) is 34.3 Å². The van der Waals surface area contributed by atoms with E-state index in [-0.39, 0.29) is 11.8 Å². The van der Waals surface area contributed by atoms with Gasteiger partial charge in [0.05, 0.1) is 6.42 Å². The third-order valence-electron chi connectivity index (χ3n) is 3.77. The maximum absolute atomic E-state index is 12.4. The Morgan fingerprint density at radius 2 is 1.57 bits per heavy atom. The fourth-order valence-corrected chi connectivity index (χ4v) is 2.79. The number of hydrogen-bond donors (Lipinski definition) is 0. The molecule has 1 heterocycles. The molecule has 0 atom stereocenters. The van der Waals surface area contributed by atoms with Crippen molar-refractivity contribution >= 4 is 27.7 Å². The lowest BCUT2D eigenvalue weighted by molar-refractivity contribution is -0.133. The zero-order valence-electron chi connectivity index (χ0n) is 12.3. The third kappa shape index (κ3) is 4.56. The molecule has 1 aliphatic heterocycles. The normalized spacial score (nSPS) is 15.7. The minimum atomic E-state index is 0.142. The molecule has 1 aliphatic rings. The number of amides is 2. The first kappa shape index (κ1) is 16.0. The molecule has 0 aromatic heterocycles. The molecular weight excluding hydrogens is 332 g/mol. The molecule has 2 rings (SSSR count). The maximum Gasteiger partial charge on any atom is 0.227 e. The zero-order chi connectivity index (χ0) is 15.2. The summed E-state index contributed by atoms with van der Waals surface area (Å²) in [5.41, 5.74) is 1.02. The van der Waals surface area contributed by atoms with Gasteiger partial charge in [-0.2, -0.15) is 0 Å². The van der Waals surface area contributed by atoms with Gasteiger partial charge in [0.2, 0.25) is 11.8 Å². The Hall–Kier alpha value is -1.36. The van der Waals surface area contributed by atoms with Gasteiger partial charge in [0.15, 0.2) is 0 Å². The Bertz CT molecular complexity index is 502. The standard InChI is InChI=1S/C16H21BrN2O2/c1-2-15(20)18-8-3-9-19(11-10-18)16(21)12-13-4-6-14(17)7-5-13/h4-7H,2-3,8-12H2,1H3. The summed E-state index contributed by atoms with van der Waals surface area (Å²) in [6.45, 7) is 4.67. The molecular formula is C16H21BrN2O2. The number of benzene rings is 1. The molecule has 4 nitrogen and oxygen atoms in total. The quantitative estimate of drug-likeness (QED) is 0.838. The van der Waals surface area contributed by atoms with E-state index in [4.69, 9.17) is 0 Å². The smallest absolute Gasteiger partial charge is 0.227 e. The Morgan fingerprint density at radius 1 is 1.00 bits per heavy atom. The minimum absolute atomic E-state index is 0.142. The fraction of sp³-hybridized carbons (Fsp3) is 0.500. The van der Waals surface area contributed by atoms with Crippen molar-refractivity contribution in [1.82, 2.24) is 9.80 Å². The molecule has 2 amide bonds. The van der Waals surface area contributed by atoms with Gasteiger partial charge in [-0.25, -0.2) is 0 Å². The van der Waals surface area contributed by atoms with Gasteiger partial charge in [0, 0.05) is 37.1 Å². The number of rotatable bonds is 3. The van der Waals surface area contributed by atoms with Crippen LogP contribution in [0.4, 0.5) is 0 Å². The molecule has 1 fully saturated rings. The van der Waals surface area contributed by atoms with E-state index >= 15 is 0 Å². The second-order valence-corrected chi connectivity index (χ2v) is 6.19. The van der Waals surface area contributed by atoms with Gasteiger partial charge in [-0.3, -0.25) is 9.59 Å². The molecule has 0 spiro atoms. The second kappa shape index (κ2) is 7.59. The zero-order valence-corrected chi connectivity index (χ0v) is 13.9. The fourth-order valence-electron chi connectivity index (χ4n) is 2.53. The van der Waals surface area contributed by atoms with Crippen LogP contribution in [0.3, 0.4) is 0 Å². The van der Waals surface area contributed by atoms with Crippen molar-refractivity contribution in [2.24, 2.45) is 0 Å². The van der Waals surface area contributed by atoms with E-state index < -0.39 is 0 Å². The average Bonchev–Trinajstić information content (AvgIpc) is 2.75. The Kier molecular flexibility index (Phi) is 5.79. The highest BCUT2D eigenvalue weighted by molar-refractivity contribution is 9.10. The first-order valence-corrected chi connectivity index (χ1v) is 8.19. The molecule has 1 aromatic carbocycles. The third-order valence-corrected chi connectivity index (χ3v) is 4.30. The van der Waals surface area contributed by atoms with Crippen molar-refractivity contribution in [1.29, 1.82) is 0 Å². The number of carbonyl (C=O) groups is 2. The molecule has 114 valence electrons. The van der Waals surface area contributed by atoms with Crippen LogP contribution in [0, 0.1) is 0 Å². The summed E-state index contributed by atoms with van der Waals surface area (Å²) in [6, 6.07) is 7.83. The summed E-state index contributed by atoms with van der Waals surface area (Å²) in [6.07, 6.45) is 1.82. The average molecular weight is 353 g/mol. The van der Waals surface area contributed by atoms with Crippen LogP contribution < -0.4 is 0 Å². The number of nitrogens with zero attached hydrogens (tertiary/aromatic N) is 2. The summed E-state index contributed by atoms with van der Waals surface area (Å²) in [5, 5.41) is 0. The van der Waals surface area contributed by atoms with E-state index in [1.54, 1.807) is 0 Å². The monoisotopic (exact) mass is 352 g/mol. The molecule has 0 bridgehead atoms. The van der Waals surface area contributed by atoms with Crippen LogP contribution in [0.25, 0.3) is 0 Å². The van der Waals surface area contributed by atoms with Gasteiger partial charge in [-0.05, 0) is 24.1 Å². The van der Waals surface area contributed by atoms with E-state index in [0.717, 1.165) is 29.5 Å². The van der Waals surface area contributed by atoms with Gasteiger partial charge in [0.1, 0.15) is 0 Å². The van der Waals surface area contributed by atoms with E-state index in [2.05, 4.69) is 15.9 Å². The highest BCUT2D eigenvalue weighted by Gasteiger charge is 2.21. The van der Waals surface area contributed by atoms with Crippen LogP contribution in [0.5, 0.6) is 0 Å². The number of hydrogen-bond acceptors (Lipinski definition) is 2. The van der Waals surface area contributed by atoms with Crippen molar-refractivity contribution in [3.63, 3.8) is 0 Å². The molecule has 0 aliphatic carbocycles. The van der Waals surface area contributed by atoms with Crippen LogP contribution in [0.15, 0.2) is 28.7 Å². The lowest BCUT2D eigenvalue weighted by Crippen LogP contribution is -2.37. The summed E-state index contributed by atoms with van der Waals surface area (Å²) >= 11 is 3.39. The number of halogens is 1. The SMILES string of the molecule is CCC(=O)N1CCCN(C(=O)Cc2ccc(Br)cc2)CC1. The topological polar surface area (TPSA) is 40.6 Å². The van der Waals surface area contributed by atoms with Crippen LogP contribution in [-0.4, -0.2) is 47.8 Å². The summed E-state index contributed by atoms with van der Waals surface area (Å²) in [7, 11) is 0. The van der Waals surface area contributed by atoms with Crippen LogP contribution in [0.1, 0.15) is 25.3 Å². The molecule has 0 saturated carbocycles. The lowest BCUT2D eigenvalue weighted by atomic mass is 10.1. The second-order valence-electron chi connectivity index (χ2n) is 5.27. The Labute approximate surface area is 134 Å². The molecule has 1 aromatic rings. The molecule has 21 heavy (non-hydrogen) atoms. The summed E-state index contributed by atoms with van der Waals surface area (Å²) in [5.74, 6) is 0.320. The van der Waals surface area contributed by atoms with Crippen molar-refractivity contribution in [3.8, 4) is 0 Å². The minimum Gasteiger partial charge on any atom is -0.341 e. The van der Waals surface area contributed by atoms with E-state index in [9.17, 15) is 9.59 Å². The molecule has 0 unspecified atom stereocenters. The lowest BCUT2D eigenvalue weighted by Gasteiger charge is -2.22. The largest absolute Gasteiger partial charge is 0.341 e. The van der Waals surface area contributed by atoms with Gasteiger partial charge >= 0.3 is 0 Å². The van der Waals surface area contributed by atoms with Crippen LogP contribution in [-0.2, 0) is 16.0 Å². The van der Waals surface area contributed by atoms with Crippen molar-refractivity contribution < 1.29 is 9.59 Å². The van der Waals surface area contributed by atoms with E-state index in [1.807, 2.05) is 41.0 Å². The van der Waals surface area contributed by atoms with Gasteiger partial charge in [-0.1, -0.05) is 35.0 Å². The highest BCUT2D eigenvalue weighted by Crippen LogP contribution is 2.12. The Morgan fingerprint density at radius 3 is 2.14 bits per heavy atom. The summed E-state index contributed by atoms with van der Waals surface area (Å²) in [4.78, 5) is 27.8. The van der Waals surface area contributed by atoms with Crippen LogP contribution in [0.2, 0.25) is 0 Å². The van der Waals surface area contributed by atoms with Crippen LogP contribution >= 0.6 is 15.9 Å². The molecule has 5 heteroatoms. The van der Waals surface area contributed by atoms with Crippen molar-refractivity contribution in [2.75, 3.05) is 26.2 Å². The van der Waals surface area contributed by atoms with Gasteiger partial charge < -0.3 is 9.80 Å². The van der Waals surface area contributed by atoms with Gasteiger partial charge in [-0.15, -0.1) is 0 Å². The van der Waals surface area contributed by atoms with Gasteiger partial charge in [0.25, 0.3) is 0 Å². The summed E-state index contributed by atoms with van der Waals surface area (Å²) < 4.78 is 1.02. The predicted octanol–water partition coefficient (Wildman–Crippen LogP) is 2.46. The highest BCUT2D eigenvalue weighted by atomic mass is 79.9. The first-order chi connectivity index (χ1) is 10.1. The first-order valence-electron chi connectivity index (χ1n) is 7.40. The van der Waals surface area contributed by atoms with E-state index in [0.29, 0.717) is 25.9 Å².